The molecule has 1 aliphatic carbocycles. The maximum atomic E-state index is 15.1. The van der Waals surface area contributed by atoms with E-state index in [4.69, 9.17) is 25.8 Å². The van der Waals surface area contributed by atoms with Crippen molar-refractivity contribution in [2.24, 2.45) is 0 Å². The average molecular weight is 604 g/mol. The monoisotopic (exact) mass is 603 g/mol. The van der Waals surface area contributed by atoms with Crippen LogP contribution in [0.1, 0.15) is 69.9 Å². The molecule has 10 heteroatoms. The third-order valence-electron chi connectivity index (χ3n) is 8.14. The van der Waals surface area contributed by atoms with Gasteiger partial charge >= 0.3 is 12.1 Å². The molecular formula is C32H43ClFN3O5. The molecule has 1 saturated carbocycles. The molecule has 1 heterocycles. The first-order valence-corrected chi connectivity index (χ1v) is 15.0. The maximum absolute atomic E-state index is 15.1. The standard InChI is InChI=1S/C32H43ClFN3O5/c1-32(2,3)42-31(39)37-19-24(17-28(37)30(38)40-6)41-23-15-26(34)29(33)27(16-23)36(5)22-13-11-20(12-14-22)25-10-8-7-9-21(25)18-35-4/h7-10,15-16,20,22,24,28,35H,11-14,17-19H2,1-6H3/t20?,22?,24-,28-/m0/s1. The van der Waals surface area contributed by atoms with Crippen molar-refractivity contribution in [1.29, 1.82) is 0 Å². The number of carbonyl (C=O) groups excluding carboxylic acids is 2. The highest BCUT2D eigenvalue weighted by Gasteiger charge is 2.43. The number of hydrogen-bond acceptors (Lipinski definition) is 7. The largest absolute Gasteiger partial charge is 0.488 e. The van der Waals surface area contributed by atoms with Gasteiger partial charge in [-0.3, -0.25) is 4.90 Å². The lowest BCUT2D eigenvalue weighted by Crippen LogP contribution is -2.44. The van der Waals surface area contributed by atoms with E-state index in [9.17, 15) is 9.59 Å². The Hall–Kier alpha value is -3.04. The first-order valence-electron chi connectivity index (χ1n) is 14.6. The fourth-order valence-corrected chi connectivity index (χ4v) is 6.33. The summed E-state index contributed by atoms with van der Waals surface area (Å²) in [6.45, 7) is 6.21. The van der Waals surface area contributed by atoms with Crippen LogP contribution in [0.4, 0.5) is 14.9 Å². The lowest BCUT2D eigenvalue weighted by molar-refractivity contribution is -0.145. The van der Waals surface area contributed by atoms with Crippen LogP contribution in [-0.4, -0.2) is 68.5 Å². The Morgan fingerprint density at radius 2 is 1.83 bits per heavy atom. The molecule has 230 valence electrons. The fraction of sp³-hybridized carbons (Fsp3) is 0.562. The Morgan fingerprint density at radius 1 is 1.14 bits per heavy atom. The van der Waals surface area contributed by atoms with E-state index in [2.05, 4.69) is 29.6 Å². The van der Waals surface area contributed by atoms with Gasteiger partial charge in [-0.05, 0) is 70.5 Å². The SMILES string of the molecule is CNCc1ccccc1C1CCC(N(C)c2cc(O[C@H]3C[C@@H](C(=O)OC)N(C(=O)OC(C)(C)C)C3)cc(F)c2Cl)CC1. The number of amides is 1. The number of nitrogens with zero attached hydrogens (tertiary/aromatic N) is 2. The third kappa shape index (κ3) is 7.48. The van der Waals surface area contributed by atoms with Crippen molar-refractivity contribution >= 4 is 29.4 Å². The molecule has 0 unspecified atom stereocenters. The van der Waals surface area contributed by atoms with Gasteiger partial charge in [-0.2, -0.15) is 0 Å². The van der Waals surface area contributed by atoms with Crippen molar-refractivity contribution in [3.05, 3.63) is 58.4 Å². The Kier molecular flexibility index (Phi) is 10.3. The van der Waals surface area contributed by atoms with E-state index in [0.717, 1.165) is 32.2 Å². The summed E-state index contributed by atoms with van der Waals surface area (Å²) in [5.74, 6) is -0.372. The Morgan fingerprint density at radius 3 is 2.48 bits per heavy atom. The molecule has 1 amide bonds. The van der Waals surface area contributed by atoms with Crippen molar-refractivity contribution < 1.29 is 28.2 Å². The molecule has 2 aromatic carbocycles. The lowest BCUT2D eigenvalue weighted by Gasteiger charge is -2.37. The third-order valence-corrected chi connectivity index (χ3v) is 8.51. The number of nitrogens with one attached hydrogen (secondary N) is 1. The zero-order chi connectivity index (χ0) is 30.6. The topological polar surface area (TPSA) is 80.3 Å². The molecule has 8 nitrogen and oxygen atoms in total. The molecule has 1 saturated heterocycles. The number of anilines is 1. The summed E-state index contributed by atoms with van der Waals surface area (Å²) in [5.41, 5.74) is 2.55. The second-order valence-electron chi connectivity index (χ2n) is 12.2. The van der Waals surface area contributed by atoms with Crippen molar-refractivity contribution in [2.45, 2.75) is 89.1 Å². The van der Waals surface area contributed by atoms with Gasteiger partial charge in [0.2, 0.25) is 0 Å². The zero-order valence-corrected chi connectivity index (χ0v) is 26.2. The summed E-state index contributed by atoms with van der Waals surface area (Å²) in [5, 5.41) is 3.31. The first-order chi connectivity index (χ1) is 19.9. The molecule has 2 aliphatic rings. The normalized spacial score (nSPS) is 22.5. The molecule has 1 aliphatic heterocycles. The highest BCUT2D eigenvalue weighted by atomic mass is 35.5. The molecule has 1 N–H and O–H groups in total. The predicted octanol–water partition coefficient (Wildman–Crippen LogP) is 6.29. The van der Waals surface area contributed by atoms with Crippen LogP contribution in [0.3, 0.4) is 0 Å². The van der Waals surface area contributed by atoms with Crippen LogP contribution < -0.4 is 15.0 Å². The minimum Gasteiger partial charge on any atom is -0.488 e. The Balaban J connectivity index is 1.46. The minimum atomic E-state index is -0.859. The lowest BCUT2D eigenvalue weighted by atomic mass is 9.79. The van der Waals surface area contributed by atoms with Gasteiger partial charge in [-0.1, -0.05) is 35.9 Å². The molecule has 4 rings (SSSR count). The molecule has 0 spiro atoms. The molecular weight excluding hydrogens is 561 g/mol. The number of halogens is 2. The Bertz CT molecular complexity index is 1260. The van der Waals surface area contributed by atoms with Gasteiger partial charge in [0.1, 0.15) is 29.3 Å². The van der Waals surface area contributed by atoms with Crippen LogP contribution in [0.5, 0.6) is 5.75 Å². The highest BCUT2D eigenvalue weighted by molar-refractivity contribution is 6.33. The molecule has 2 aromatic rings. The van der Waals surface area contributed by atoms with E-state index >= 15 is 4.39 Å². The van der Waals surface area contributed by atoms with Gasteiger partial charge in [0.25, 0.3) is 0 Å². The zero-order valence-electron chi connectivity index (χ0n) is 25.4. The number of likely N-dealkylation sites (tertiary alicyclic amines) is 1. The first kappa shape index (κ1) is 31.9. The number of ether oxygens (including phenoxy) is 3. The van der Waals surface area contributed by atoms with E-state index in [1.54, 1.807) is 26.8 Å². The summed E-state index contributed by atoms with van der Waals surface area (Å²) in [6.07, 6.45) is 2.97. The molecule has 2 atom stereocenters. The van der Waals surface area contributed by atoms with Crippen LogP contribution in [0, 0.1) is 5.82 Å². The van der Waals surface area contributed by atoms with Crippen LogP contribution >= 0.6 is 11.6 Å². The fourth-order valence-electron chi connectivity index (χ4n) is 6.09. The number of benzene rings is 2. The second-order valence-corrected chi connectivity index (χ2v) is 12.6. The van der Waals surface area contributed by atoms with E-state index in [0.29, 0.717) is 11.6 Å². The summed E-state index contributed by atoms with van der Waals surface area (Å²) in [4.78, 5) is 28.6. The predicted molar refractivity (Wildman–Crippen MR) is 162 cm³/mol. The summed E-state index contributed by atoms with van der Waals surface area (Å²) < 4.78 is 31.6. The quantitative estimate of drug-likeness (QED) is 0.355. The van der Waals surface area contributed by atoms with Crippen LogP contribution in [0.15, 0.2) is 36.4 Å². The number of rotatable bonds is 8. The van der Waals surface area contributed by atoms with Crippen molar-refractivity contribution in [3.8, 4) is 5.75 Å². The maximum Gasteiger partial charge on any atom is 0.411 e. The molecule has 0 bridgehead atoms. The van der Waals surface area contributed by atoms with Gasteiger partial charge in [0, 0.05) is 38.2 Å². The van der Waals surface area contributed by atoms with Crippen LogP contribution in [-0.2, 0) is 20.8 Å². The van der Waals surface area contributed by atoms with Crippen molar-refractivity contribution in [3.63, 3.8) is 0 Å². The summed E-state index contributed by atoms with van der Waals surface area (Å²) in [7, 11) is 5.18. The Labute approximate surface area is 253 Å². The van der Waals surface area contributed by atoms with Crippen LogP contribution in [0.25, 0.3) is 0 Å². The van der Waals surface area contributed by atoms with Crippen molar-refractivity contribution in [2.75, 3.05) is 32.6 Å². The molecule has 2 fully saturated rings. The number of hydrogen-bond donors (Lipinski definition) is 1. The van der Waals surface area contributed by atoms with Gasteiger partial charge in [0.05, 0.1) is 24.4 Å². The second kappa shape index (κ2) is 13.5. The van der Waals surface area contributed by atoms with Crippen LogP contribution in [0.2, 0.25) is 5.02 Å². The highest BCUT2D eigenvalue weighted by Crippen LogP contribution is 2.40. The van der Waals surface area contributed by atoms with Gasteiger partial charge in [0.15, 0.2) is 0 Å². The molecule has 0 aromatic heterocycles. The minimum absolute atomic E-state index is 0.0422. The summed E-state index contributed by atoms with van der Waals surface area (Å²) in [6, 6.07) is 10.9. The van der Waals surface area contributed by atoms with E-state index in [1.165, 1.54) is 29.2 Å². The van der Waals surface area contributed by atoms with E-state index < -0.39 is 35.6 Å². The number of methoxy groups -OCH3 is 1. The number of carbonyl (C=O) groups is 2. The van der Waals surface area contributed by atoms with Gasteiger partial charge in [-0.15, -0.1) is 0 Å². The summed E-state index contributed by atoms with van der Waals surface area (Å²) >= 11 is 6.48. The van der Waals surface area contributed by atoms with Gasteiger partial charge < -0.3 is 24.4 Å². The molecule has 42 heavy (non-hydrogen) atoms. The molecule has 0 radical (unpaired) electrons. The smallest absolute Gasteiger partial charge is 0.411 e. The van der Waals surface area contributed by atoms with Crippen molar-refractivity contribution in [1.82, 2.24) is 10.2 Å². The average Bonchev–Trinajstić information content (AvgIpc) is 3.38. The van der Waals surface area contributed by atoms with E-state index in [1.807, 2.05) is 19.0 Å². The number of esters is 1. The van der Waals surface area contributed by atoms with Gasteiger partial charge in [-0.25, -0.2) is 14.0 Å². The van der Waals surface area contributed by atoms with E-state index in [-0.39, 0.29) is 29.8 Å².